The van der Waals surface area contributed by atoms with Crippen LogP contribution in [0.4, 0.5) is 0 Å². The zero-order valence-electron chi connectivity index (χ0n) is 10.7. The van der Waals surface area contributed by atoms with Gasteiger partial charge in [-0.3, -0.25) is 0 Å². The van der Waals surface area contributed by atoms with Crippen molar-refractivity contribution in [1.29, 1.82) is 5.26 Å². The first-order valence-electron chi connectivity index (χ1n) is 6.32. The van der Waals surface area contributed by atoms with E-state index in [-0.39, 0.29) is 0 Å². The van der Waals surface area contributed by atoms with Gasteiger partial charge >= 0.3 is 0 Å². The molecule has 0 fully saturated rings. The third-order valence-corrected chi connectivity index (χ3v) is 5.05. The van der Waals surface area contributed by atoms with E-state index in [1.54, 1.807) is 6.07 Å². The Morgan fingerprint density at radius 3 is 3.00 bits per heavy atom. The third-order valence-electron chi connectivity index (χ3n) is 3.30. The second-order valence-corrected chi connectivity index (χ2v) is 6.59. The molecule has 0 aromatic heterocycles. The zero-order chi connectivity index (χ0) is 13.9. The molecule has 1 aliphatic rings. The Kier molecular flexibility index (Phi) is 4.00. The van der Waals surface area contributed by atoms with Crippen LogP contribution in [0.1, 0.15) is 17.0 Å². The molecule has 3 rings (SSSR count). The molecule has 0 radical (unpaired) electrons. The molecular weight excluding hydrogens is 334 g/mol. The van der Waals surface area contributed by atoms with Gasteiger partial charge in [-0.15, -0.1) is 11.8 Å². The van der Waals surface area contributed by atoms with E-state index >= 15 is 0 Å². The summed E-state index contributed by atoms with van der Waals surface area (Å²) in [7, 11) is 0. The fourth-order valence-corrected chi connectivity index (χ4v) is 3.87. The molecule has 2 nitrogen and oxygen atoms in total. The predicted octanol–water partition coefficient (Wildman–Crippen LogP) is 4.59. The van der Waals surface area contributed by atoms with Crippen LogP contribution in [0.5, 0.6) is 5.75 Å². The van der Waals surface area contributed by atoms with Gasteiger partial charge in [0.2, 0.25) is 0 Å². The molecule has 4 heteroatoms. The van der Waals surface area contributed by atoms with Gasteiger partial charge in [-0.1, -0.05) is 34.1 Å². The lowest BCUT2D eigenvalue weighted by atomic mass is 10.0. The highest BCUT2D eigenvalue weighted by molar-refractivity contribution is 9.10. The normalized spacial score (nSPS) is 16.5. The van der Waals surface area contributed by atoms with Crippen LogP contribution in [0.15, 0.2) is 51.8 Å². The maximum Gasteiger partial charge on any atom is 0.137 e. The van der Waals surface area contributed by atoms with E-state index in [0.717, 1.165) is 10.2 Å². The van der Waals surface area contributed by atoms with Crippen LogP contribution in [0.3, 0.4) is 0 Å². The third kappa shape index (κ3) is 2.70. The minimum absolute atomic E-state index is 0.395. The van der Waals surface area contributed by atoms with Gasteiger partial charge in [-0.25, -0.2) is 0 Å². The fourth-order valence-electron chi connectivity index (χ4n) is 2.27. The van der Waals surface area contributed by atoms with E-state index in [4.69, 9.17) is 10.00 Å². The highest BCUT2D eigenvalue weighted by atomic mass is 79.9. The van der Waals surface area contributed by atoms with Crippen LogP contribution in [-0.2, 0) is 0 Å². The van der Waals surface area contributed by atoms with E-state index in [0.29, 0.717) is 23.8 Å². The number of hydrogen-bond acceptors (Lipinski definition) is 3. The number of halogens is 1. The number of hydrogen-bond donors (Lipinski definition) is 0. The molecule has 0 saturated carbocycles. The lowest BCUT2D eigenvalue weighted by Crippen LogP contribution is -2.10. The molecule has 0 spiro atoms. The van der Waals surface area contributed by atoms with Gasteiger partial charge in [0.1, 0.15) is 11.8 Å². The molecule has 0 bridgehead atoms. The molecule has 1 atom stereocenters. The van der Waals surface area contributed by atoms with Crippen molar-refractivity contribution in [3.8, 4) is 11.8 Å². The maximum atomic E-state index is 9.14. The van der Waals surface area contributed by atoms with Crippen molar-refractivity contribution in [3.63, 3.8) is 0 Å². The van der Waals surface area contributed by atoms with Crippen molar-refractivity contribution in [2.24, 2.45) is 0 Å². The Labute approximate surface area is 130 Å². The van der Waals surface area contributed by atoms with E-state index in [1.807, 2.05) is 23.9 Å². The van der Waals surface area contributed by atoms with Crippen molar-refractivity contribution >= 4 is 27.7 Å². The lowest BCUT2D eigenvalue weighted by Gasteiger charge is -2.13. The molecule has 20 heavy (non-hydrogen) atoms. The topological polar surface area (TPSA) is 33.0 Å². The summed E-state index contributed by atoms with van der Waals surface area (Å²) >= 11 is 5.24. The Bertz CT molecular complexity index is 680. The van der Waals surface area contributed by atoms with Gasteiger partial charge in [-0.2, -0.15) is 5.26 Å². The highest BCUT2D eigenvalue weighted by Gasteiger charge is 2.23. The highest BCUT2D eigenvalue weighted by Crippen LogP contribution is 2.39. The Morgan fingerprint density at radius 1 is 1.30 bits per heavy atom. The summed E-state index contributed by atoms with van der Waals surface area (Å²) in [6.07, 6.45) is 0. The van der Waals surface area contributed by atoms with Crippen molar-refractivity contribution in [3.05, 3.63) is 58.1 Å². The molecule has 0 amide bonds. The Hall–Kier alpha value is -1.44. The minimum atomic E-state index is 0.395. The summed E-state index contributed by atoms with van der Waals surface area (Å²) in [5.41, 5.74) is 1.92. The lowest BCUT2D eigenvalue weighted by molar-refractivity contribution is 0.297. The predicted molar refractivity (Wildman–Crippen MR) is 84.3 cm³/mol. The monoisotopic (exact) mass is 345 g/mol. The molecule has 1 heterocycles. The molecule has 0 aliphatic carbocycles. The smallest absolute Gasteiger partial charge is 0.137 e. The molecule has 1 unspecified atom stereocenters. The average molecular weight is 346 g/mol. The average Bonchev–Trinajstić information content (AvgIpc) is 2.89. The Morgan fingerprint density at radius 2 is 2.15 bits per heavy atom. The molecule has 1 aliphatic heterocycles. The minimum Gasteiger partial charge on any atom is -0.492 e. The van der Waals surface area contributed by atoms with Crippen molar-refractivity contribution in [2.45, 2.75) is 10.8 Å². The summed E-state index contributed by atoms with van der Waals surface area (Å²) in [4.78, 5) is 1.34. The van der Waals surface area contributed by atoms with Crippen LogP contribution in [-0.4, -0.2) is 12.4 Å². The number of thioether (sulfide) groups is 1. The number of benzene rings is 2. The second kappa shape index (κ2) is 5.90. The summed E-state index contributed by atoms with van der Waals surface area (Å²) < 4.78 is 6.76. The maximum absolute atomic E-state index is 9.14. The van der Waals surface area contributed by atoms with E-state index in [9.17, 15) is 0 Å². The number of nitrogens with zero attached hydrogens (tertiary/aromatic N) is 1. The largest absolute Gasteiger partial charge is 0.492 e. The van der Waals surface area contributed by atoms with Gasteiger partial charge < -0.3 is 4.74 Å². The van der Waals surface area contributed by atoms with Gasteiger partial charge in [0, 0.05) is 21.0 Å². The van der Waals surface area contributed by atoms with Crippen molar-refractivity contribution < 1.29 is 4.74 Å². The summed E-state index contributed by atoms with van der Waals surface area (Å²) in [6.45, 7) is 0.611. The number of rotatable bonds is 3. The van der Waals surface area contributed by atoms with Crippen LogP contribution in [0.2, 0.25) is 0 Å². The summed E-state index contributed by atoms with van der Waals surface area (Å²) in [5, 5.41) is 9.14. The molecule has 2 aromatic rings. The summed E-state index contributed by atoms with van der Waals surface area (Å²) in [5.74, 6) is 2.09. The first-order chi connectivity index (χ1) is 9.78. The van der Waals surface area contributed by atoms with Crippen molar-refractivity contribution in [2.75, 3.05) is 12.4 Å². The van der Waals surface area contributed by atoms with E-state index < -0.39 is 0 Å². The van der Waals surface area contributed by atoms with Gasteiger partial charge in [0.15, 0.2) is 0 Å². The van der Waals surface area contributed by atoms with E-state index in [2.05, 4.69) is 46.3 Å². The standard InChI is InChI=1S/C16H12BrNOS/c17-13-5-6-15(11(7-13)8-18)19-9-12-10-20-16-4-2-1-3-14(12)16/h1-7,12H,9-10H2. The van der Waals surface area contributed by atoms with E-state index in [1.165, 1.54) is 10.5 Å². The van der Waals surface area contributed by atoms with Gasteiger partial charge in [0.25, 0.3) is 0 Å². The number of fused-ring (bicyclic) bond motifs is 1. The molecule has 0 saturated heterocycles. The van der Waals surface area contributed by atoms with Crippen LogP contribution >= 0.6 is 27.7 Å². The SMILES string of the molecule is N#Cc1cc(Br)ccc1OCC1CSc2ccccc21. The first-order valence-corrected chi connectivity index (χ1v) is 8.10. The first kappa shape index (κ1) is 13.5. The second-order valence-electron chi connectivity index (χ2n) is 4.61. The fraction of sp³-hybridized carbons (Fsp3) is 0.188. The van der Waals surface area contributed by atoms with Crippen molar-refractivity contribution in [1.82, 2.24) is 0 Å². The van der Waals surface area contributed by atoms with Gasteiger partial charge in [0.05, 0.1) is 12.2 Å². The quantitative estimate of drug-likeness (QED) is 0.815. The molecule has 2 aromatic carbocycles. The van der Waals surface area contributed by atoms with Crippen LogP contribution < -0.4 is 4.74 Å². The van der Waals surface area contributed by atoms with Crippen LogP contribution in [0, 0.1) is 11.3 Å². The number of nitriles is 1. The Balaban J connectivity index is 1.74. The number of ether oxygens (including phenoxy) is 1. The molecular formula is C16H12BrNOS. The molecule has 100 valence electrons. The van der Waals surface area contributed by atoms with Crippen LogP contribution in [0.25, 0.3) is 0 Å². The summed E-state index contributed by atoms with van der Waals surface area (Å²) in [6, 6.07) is 16.1. The zero-order valence-corrected chi connectivity index (χ0v) is 13.1. The molecule has 0 N–H and O–H groups in total. The van der Waals surface area contributed by atoms with Gasteiger partial charge in [-0.05, 0) is 29.8 Å².